The first kappa shape index (κ1) is 18.7. The molecular formula is C28H27NO2. The van der Waals surface area contributed by atoms with E-state index < -0.39 is 5.72 Å². The molecule has 3 aliphatic heterocycles. The molecule has 0 radical (unpaired) electrons. The third kappa shape index (κ3) is 2.84. The van der Waals surface area contributed by atoms with Crippen LogP contribution in [0.1, 0.15) is 37.3 Å². The van der Waals surface area contributed by atoms with Gasteiger partial charge in [0.25, 0.3) is 0 Å². The van der Waals surface area contributed by atoms with E-state index in [0.29, 0.717) is 6.61 Å². The summed E-state index contributed by atoms with van der Waals surface area (Å²) in [4.78, 5) is 2.46. The van der Waals surface area contributed by atoms with Gasteiger partial charge in [-0.05, 0) is 37.1 Å². The maximum Gasteiger partial charge on any atom is 0.196 e. The van der Waals surface area contributed by atoms with Crippen molar-refractivity contribution in [3.63, 3.8) is 0 Å². The number of hydrogen-bond donors (Lipinski definition) is 0. The largest absolute Gasteiger partial charge is 0.465 e. The Balaban J connectivity index is 1.62. The van der Waals surface area contributed by atoms with E-state index in [1.807, 2.05) is 0 Å². The van der Waals surface area contributed by atoms with E-state index in [0.717, 1.165) is 17.9 Å². The number of fused-ring (bicyclic) bond motifs is 2. The third-order valence-electron chi connectivity index (χ3n) is 6.95. The summed E-state index contributed by atoms with van der Waals surface area (Å²) >= 11 is 0. The molecule has 3 aliphatic rings. The van der Waals surface area contributed by atoms with Crippen molar-refractivity contribution in [2.24, 2.45) is 5.92 Å². The summed E-state index contributed by atoms with van der Waals surface area (Å²) in [6.07, 6.45) is 3.23. The molecule has 3 heteroatoms. The molecule has 31 heavy (non-hydrogen) atoms. The first-order valence-corrected chi connectivity index (χ1v) is 11.1. The molecule has 0 aromatic heterocycles. The molecular weight excluding hydrogens is 382 g/mol. The van der Waals surface area contributed by atoms with Crippen LogP contribution in [0, 0.1) is 5.92 Å². The van der Waals surface area contributed by atoms with E-state index in [4.69, 9.17) is 9.47 Å². The molecule has 3 atom stereocenters. The van der Waals surface area contributed by atoms with Crippen molar-refractivity contribution in [1.29, 1.82) is 0 Å². The van der Waals surface area contributed by atoms with Gasteiger partial charge in [0.15, 0.2) is 5.72 Å². The number of allylic oxidation sites excluding steroid dienone is 1. The van der Waals surface area contributed by atoms with Gasteiger partial charge >= 0.3 is 0 Å². The average Bonchev–Trinajstić information content (AvgIpc) is 3.11. The first-order chi connectivity index (χ1) is 15.1. The van der Waals surface area contributed by atoms with Crippen LogP contribution in [0.25, 0.3) is 5.70 Å². The van der Waals surface area contributed by atoms with Crippen LogP contribution in [0.15, 0.2) is 91.0 Å². The summed E-state index contributed by atoms with van der Waals surface area (Å²) in [5.74, 6) is 1.35. The zero-order valence-corrected chi connectivity index (χ0v) is 18.0. The molecule has 3 nitrogen and oxygen atoms in total. The van der Waals surface area contributed by atoms with Crippen LogP contribution in [-0.4, -0.2) is 17.9 Å². The van der Waals surface area contributed by atoms with Crippen LogP contribution in [0.3, 0.4) is 0 Å². The van der Waals surface area contributed by atoms with Crippen molar-refractivity contribution in [2.75, 3.05) is 11.5 Å². The smallest absolute Gasteiger partial charge is 0.196 e. The Hall–Kier alpha value is -3.04. The minimum atomic E-state index is -0.480. The Morgan fingerprint density at radius 2 is 1.52 bits per heavy atom. The SMILES string of the molecule is CC1(C)CC23Oc4ccccc4N2C(c2ccccc2)=CC(c2ccccc2)C3CO1. The normalized spacial score (nSPS) is 28.1. The average molecular weight is 410 g/mol. The molecule has 0 bridgehead atoms. The highest BCUT2D eigenvalue weighted by molar-refractivity contribution is 5.87. The van der Waals surface area contributed by atoms with Gasteiger partial charge in [0, 0.05) is 18.0 Å². The Labute approximate surface area is 183 Å². The second kappa shape index (κ2) is 6.73. The topological polar surface area (TPSA) is 21.7 Å². The van der Waals surface area contributed by atoms with Crippen LogP contribution < -0.4 is 9.64 Å². The number of hydrogen-bond acceptors (Lipinski definition) is 3. The number of nitrogens with zero attached hydrogens (tertiary/aromatic N) is 1. The second-order valence-electron chi connectivity index (χ2n) is 9.46. The van der Waals surface area contributed by atoms with Crippen LogP contribution in [0.5, 0.6) is 5.75 Å². The Morgan fingerprint density at radius 1 is 0.839 bits per heavy atom. The van der Waals surface area contributed by atoms with E-state index in [1.165, 1.54) is 16.8 Å². The number of rotatable bonds is 2. The van der Waals surface area contributed by atoms with Gasteiger partial charge in [0.2, 0.25) is 0 Å². The highest BCUT2D eigenvalue weighted by atomic mass is 16.6. The van der Waals surface area contributed by atoms with Gasteiger partial charge in [0.05, 0.1) is 23.8 Å². The molecule has 3 unspecified atom stereocenters. The predicted octanol–water partition coefficient (Wildman–Crippen LogP) is 6.24. The molecule has 1 fully saturated rings. The summed E-state index contributed by atoms with van der Waals surface area (Å²) in [5, 5.41) is 0. The zero-order chi connectivity index (χ0) is 21.1. The second-order valence-corrected chi connectivity index (χ2v) is 9.46. The first-order valence-electron chi connectivity index (χ1n) is 11.1. The summed E-state index contributed by atoms with van der Waals surface area (Å²) in [6, 6.07) is 30.0. The Morgan fingerprint density at radius 3 is 2.29 bits per heavy atom. The van der Waals surface area contributed by atoms with Crippen molar-refractivity contribution >= 4 is 11.4 Å². The summed E-state index contributed by atoms with van der Waals surface area (Å²) in [6.45, 7) is 5.02. The molecule has 156 valence electrons. The minimum Gasteiger partial charge on any atom is -0.465 e. The zero-order valence-electron chi connectivity index (χ0n) is 18.0. The third-order valence-corrected chi connectivity index (χ3v) is 6.95. The maximum absolute atomic E-state index is 6.95. The lowest BCUT2D eigenvalue weighted by atomic mass is 9.70. The van der Waals surface area contributed by atoms with E-state index in [1.54, 1.807) is 0 Å². The van der Waals surface area contributed by atoms with E-state index in [9.17, 15) is 0 Å². The Bertz CT molecular complexity index is 1140. The number of benzene rings is 3. The standard InChI is InChI=1S/C28H27NO2/c1-27(2)19-28-23(18-30-27)22(20-11-5-3-6-12-20)17-25(21-13-7-4-8-14-21)29(28)24-15-9-10-16-26(24)31-28/h3-17,22-23H,18-19H2,1-2H3. The monoisotopic (exact) mass is 409 g/mol. The van der Waals surface area contributed by atoms with Gasteiger partial charge < -0.3 is 9.47 Å². The molecule has 0 saturated carbocycles. The summed E-state index contributed by atoms with van der Waals surface area (Å²) < 4.78 is 13.3. The van der Waals surface area contributed by atoms with E-state index in [2.05, 4.69) is 110 Å². The van der Waals surface area contributed by atoms with Crippen molar-refractivity contribution in [1.82, 2.24) is 0 Å². The maximum atomic E-state index is 6.95. The van der Waals surface area contributed by atoms with Crippen LogP contribution in [0.4, 0.5) is 5.69 Å². The molecule has 0 amide bonds. The lowest BCUT2D eigenvalue weighted by Crippen LogP contribution is -2.65. The number of ether oxygens (including phenoxy) is 2. The van der Waals surface area contributed by atoms with Crippen molar-refractivity contribution < 1.29 is 9.47 Å². The molecule has 1 spiro atoms. The molecule has 3 aromatic carbocycles. The predicted molar refractivity (Wildman–Crippen MR) is 124 cm³/mol. The summed E-state index contributed by atoms with van der Waals surface area (Å²) in [7, 11) is 0. The van der Waals surface area contributed by atoms with E-state index in [-0.39, 0.29) is 17.4 Å². The highest BCUT2D eigenvalue weighted by Crippen LogP contribution is 2.59. The van der Waals surface area contributed by atoms with Gasteiger partial charge in [-0.25, -0.2) is 0 Å². The fraction of sp³-hybridized carbons (Fsp3) is 0.286. The quantitative estimate of drug-likeness (QED) is 0.500. The lowest BCUT2D eigenvalue weighted by molar-refractivity contribution is -0.165. The molecule has 0 N–H and O–H groups in total. The van der Waals surface area contributed by atoms with Crippen LogP contribution in [-0.2, 0) is 4.74 Å². The van der Waals surface area contributed by atoms with Gasteiger partial charge in [-0.3, -0.25) is 4.90 Å². The van der Waals surface area contributed by atoms with Crippen LogP contribution >= 0.6 is 0 Å². The van der Waals surface area contributed by atoms with Crippen molar-refractivity contribution in [3.8, 4) is 5.75 Å². The van der Waals surface area contributed by atoms with Gasteiger partial charge in [0.1, 0.15) is 5.75 Å². The fourth-order valence-electron chi connectivity index (χ4n) is 5.68. The molecule has 1 saturated heterocycles. The van der Waals surface area contributed by atoms with Gasteiger partial charge in [-0.15, -0.1) is 0 Å². The molecule has 3 aromatic rings. The summed E-state index contributed by atoms with van der Waals surface area (Å²) in [5.41, 5.74) is 4.14. The van der Waals surface area contributed by atoms with Crippen molar-refractivity contribution in [2.45, 2.75) is 37.5 Å². The Kier molecular flexibility index (Phi) is 4.06. The lowest BCUT2D eigenvalue weighted by Gasteiger charge is -2.56. The highest BCUT2D eigenvalue weighted by Gasteiger charge is 2.62. The van der Waals surface area contributed by atoms with Crippen LogP contribution in [0.2, 0.25) is 0 Å². The fourth-order valence-corrected chi connectivity index (χ4v) is 5.68. The van der Waals surface area contributed by atoms with Gasteiger partial charge in [-0.2, -0.15) is 0 Å². The molecule has 6 rings (SSSR count). The molecule has 3 heterocycles. The number of para-hydroxylation sites is 2. The van der Waals surface area contributed by atoms with Gasteiger partial charge in [-0.1, -0.05) is 78.9 Å². The van der Waals surface area contributed by atoms with Crippen molar-refractivity contribution in [3.05, 3.63) is 102 Å². The number of anilines is 1. The van der Waals surface area contributed by atoms with E-state index >= 15 is 0 Å². The molecule has 0 aliphatic carbocycles. The minimum absolute atomic E-state index is 0.183.